The van der Waals surface area contributed by atoms with Crippen LogP contribution in [0.15, 0.2) is 54.6 Å². The molecule has 1 aliphatic rings. The van der Waals surface area contributed by atoms with E-state index in [1.165, 1.54) is 0 Å². The molecule has 3 amide bonds. The van der Waals surface area contributed by atoms with Gasteiger partial charge in [-0.3, -0.25) is 4.79 Å². The van der Waals surface area contributed by atoms with Crippen molar-refractivity contribution < 1.29 is 9.59 Å². The Morgan fingerprint density at radius 2 is 1.94 bits per heavy atom. The molecule has 0 saturated carbocycles. The third-order valence-corrected chi connectivity index (χ3v) is 5.79. The average molecular weight is 420 g/mol. The average Bonchev–Trinajstić information content (AvgIpc) is 3.24. The highest BCUT2D eigenvalue weighted by Crippen LogP contribution is 2.27. The van der Waals surface area contributed by atoms with E-state index >= 15 is 0 Å². The van der Waals surface area contributed by atoms with Gasteiger partial charge in [0.15, 0.2) is 0 Å². The molecule has 1 saturated heterocycles. The minimum absolute atomic E-state index is 0.0758. The summed E-state index contributed by atoms with van der Waals surface area (Å²) < 4.78 is 0. The molecule has 2 N–H and O–H groups in total. The number of hydrogen-bond donors (Lipinski definition) is 2. The fourth-order valence-corrected chi connectivity index (χ4v) is 4.09. The van der Waals surface area contributed by atoms with Crippen LogP contribution in [0.2, 0.25) is 0 Å². The van der Waals surface area contributed by atoms with Crippen LogP contribution in [0.5, 0.6) is 0 Å². The number of carbonyl (C=O) groups excluding carboxylic acids is 2. The smallest absolute Gasteiger partial charge is 0.317 e. The highest BCUT2D eigenvalue weighted by atomic mass is 16.2. The lowest BCUT2D eigenvalue weighted by Crippen LogP contribution is -2.42. The van der Waals surface area contributed by atoms with Crippen molar-refractivity contribution in [2.75, 3.05) is 26.7 Å². The lowest BCUT2D eigenvalue weighted by Gasteiger charge is -2.32. The number of nitrogens with zero attached hydrogens (tertiary/aromatic N) is 3. The number of nitrogens with one attached hydrogen (secondary N) is 2. The number of piperidine rings is 1. The minimum Gasteiger partial charge on any atom is -0.342 e. The van der Waals surface area contributed by atoms with Gasteiger partial charge in [-0.15, -0.1) is 0 Å². The Morgan fingerprint density at radius 3 is 2.74 bits per heavy atom. The van der Waals surface area contributed by atoms with Crippen molar-refractivity contribution in [1.82, 2.24) is 25.1 Å². The van der Waals surface area contributed by atoms with E-state index in [9.17, 15) is 9.59 Å². The first-order valence-corrected chi connectivity index (χ1v) is 10.9. The highest BCUT2D eigenvalue weighted by Gasteiger charge is 2.26. The van der Waals surface area contributed by atoms with Crippen molar-refractivity contribution in [2.24, 2.45) is 0 Å². The molecule has 3 aromatic rings. The zero-order valence-corrected chi connectivity index (χ0v) is 17.9. The molecule has 1 aliphatic heterocycles. The monoisotopic (exact) mass is 419 g/mol. The van der Waals surface area contributed by atoms with E-state index in [0.717, 1.165) is 41.8 Å². The first-order chi connectivity index (χ1) is 15.1. The van der Waals surface area contributed by atoms with Gasteiger partial charge in [-0.05, 0) is 30.5 Å². The highest BCUT2D eigenvalue weighted by molar-refractivity contribution is 5.78. The summed E-state index contributed by atoms with van der Waals surface area (Å²) >= 11 is 0. The molecule has 1 fully saturated rings. The van der Waals surface area contributed by atoms with E-state index in [1.807, 2.05) is 59.5 Å². The van der Waals surface area contributed by atoms with Crippen LogP contribution in [0.1, 0.15) is 36.6 Å². The number of fused-ring (bicyclic) bond motifs is 1. The Labute approximate surface area is 182 Å². The number of para-hydroxylation sites is 2. The van der Waals surface area contributed by atoms with Crippen molar-refractivity contribution in [1.29, 1.82) is 0 Å². The Balaban J connectivity index is 1.25. The van der Waals surface area contributed by atoms with Gasteiger partial charge in [0, 0.05) is 45.6 Å². The number of H-pyrrole nitrogens is 1. The molecule has 7 nitrogen and oxygen atoms in total. The molecule has 1 aromatic heterocycles. The molecular weight excluding hydrogens is 390 g/mol. The first-order valence-electron chi connectivity index (χ1n) is 10.9. The SMILES string of the molecule is CN(Cc1ccccc1)C(=O)NCCC(=O)N1CCCC(c2nc3ccccc3[nH]2)C1. The molecule has 1 unspecified atom stereocenters. The van der Waals surface area contributed by atoms with Gasteiger partial charge in [0.05, 0.1) is 11.0 Å². The predicted octanol–water partition coefficient (Wildman–Crippen LogP) is 3.50. The molecule has 0 radical (unpaired) electrons. The number of carbonyl (C=O) groups is 2. The maximum Gasteiger partial charge on any atom is 0.317 e. The van der Waals surface area contributed by atoms with E-state index in [-0.39, 0.29) is 17.9 Å². The molecule has 4 rings (SSSR count). The minimum atomic E-state index is -0.171. The van der Waals surface area contributed by atoms with Gasteiger partial charge in [-0.2, -0.15) is 0 Å². The maximum absolute atomic E-state index is 12.7. The second-order valence-corrected chi connectivity index (χ2v) is 8.14. The van der Waals surface area contributed by atoms with Crippen LogP contribution in [0.25, 0.3) is 11.0 Å². The molecule has 0 aliphatic carbocycles. The largest absolute Gasteiger partial charge is 0.342 e. The summed E-state index contributed by atoms with van der Waals surface area (Å²) in [6.07, 6.45) is 2.28. The standard InChI is InChI=1S/C24H29N5O2/c1-28(16-18-8-3-2-4-9-18)24(31)25-14-13-22(30)29-15-7-10-19(17-29)23-26-20-11-5-6-12-21(20)27-23/h2-6,8-9,11-12,19H,7,10,13-17H2,1H3,(H,25,31)(H,26,27). The number of urea groups is 1. The Kier molecular flexibility index (Phi) is 6.50. The summed E-state index contributed by atoms with van der Waals surface area (Å²) in [5.41, 5.74) is 3.06. The van der Waals surface area contributed by atoms with Crippen LogP contribution in [0.4, 0.5) is 4.79 Å². The summed E-state index contributed by atoms with van der Waals surface area (Å²) in [7, 11) is 1.76. The third-order valence-electron chi connectivity index (χ3n) is 5.79. The second-order valence-electron chi connectivity index (χ2n) is 8.14. The zero-order valence-electron chi connectivity index (χ0n) is 17.9. The van der Waals surface area contributed by atoms with Crippen LogP contribution in [0, 0.1) is 0 Å². The van der Waals surface area contributed by atoms with Gasteiger partial charge in [-0.25, -0.2) is 9.78 Å². The van der Waals surface area contributed by atoms with Crippen molar-refractivity contribution in [3.63, 3.8) is 0 Å². The number of likely N-dealkylation sites (tertiary alicyclic amines) is 1. The van der Waals surface area contributed by atoms with E-state index in [2.05, 4.69) is 10.3 Å². The predicted molar refractivity (Wildman–Crippen MR) is 121 cm³/mol. The summed E-state index contributed by atoms with van der Waals surface area (Å²) in [6.45, 7) is 2.30. The van der Waals surface area contributed by atoms with Crippen molar-refractivity contribution >= 4 is 23.0 Å². The van der Waals surface area contributed by atoms with E-state index < -0.39 is 0 Å². The third kappa shape index (κ3) is 5.23. The Morgan fingerprint density at radius 1 is 1.16 bits per heavy atom. The molecule has 162 valence electrons. The fraction of sp³-hybridized carbons (Fsp3) is 0.375. The molecule has 31 heavy (non-hydrogen) atoms. The number of rotatable bonds is 6. The number of amides is 3. The van der Waals surface area contributed by atoms with Gasteiger partial charge in [0.25, 0.3) is 0 Å². The molecule has 0 bridgehead atoms. The number of benzene rings is 2. The van der Waals surface area contributed by atoms with Crippen LogP contribution in [-0.4, -0.2) is 58.4 Å². The topological polar surface area (TPSA) is 81.3 Å². The van der Waals surface area contributed by atoms with Crippen molar-refractivity contribution in [3.8, 4) is 0 Å². The molecule has 1 atom stereocenters. The number of hydrogen-bond acceptors (Lipinski definition) is 3. The number of aromatic amines is 1. The van der Waals surface area contributed by atoms with Gasteiger partial charge in [0.1, 0.15) is 5.82 Å². The van der Waals surface area contributed by atoms with E-state index in [4.69, 9.17) is 4.98 Å². The lowest BCUT2D eigenvalue weighted by molar-refractivity contribution is -0.132. The van der Waals surface area contributed by atoms with Gasteiger partial charge in [-0.1, -0.05) is 42.5 Å². The Hall–Kier alpha value is -3.35. The lowest BCUT2D eigenvalue weighted by atomic mass is 9.97. The zero-order chi connectivity index (χ0) is 21.6. The fourth-order valence-electron chi connectivity index (χ4n) is 4.09. The molecule has 7 heteroatoms. The van der Waals surface area contributed by atoms with Crippen LogP contribution < -0.4 is 5.32 Å². The quantitative estimate of drug-likeness (QED) is 0.642. The van der Waals surface area contributed by atoms with Gasteiger partial charge >= 0.3 is 6.03 Å². The first kappa shape index (κ1) is 20.9. The van der Waals surface area contributed by atoms with E-state index in [0.29, 0.717) is 26.1 Å². The maximum atomic E-state index is 12.7. The van der Waals surface area contributed by atoms with E-state index in [1.54, 1.807) is 11.9 Å². The van der Waals surface area contributed by atoms with Crippen LogP contribution in [0.3, 0.4) is 0 Å². The molecule has 0 spiro atoms. The summed E-state index contributed by atoms with van der Waals surface area (Å²) in [5.74, 6) is 1.25. The molecule has 2 heterocycles. The van der Waals surface area contributed by atoms with Gasteiger partial charge < -0.3 is 20.1 Å². The van der Waals surface area contributed by atoms with Crippen molar-refractivity contribution in [3.05, 3.63) is 66.0 Å². The number of aromatic nitrogens is 2. The van der Waals surface area contributed by atoms with Crippen molar-refractivity contribution in [2.45, 2.75) is 31.7 Å². The second kappa shape index (κ2) is 9.64. The summed E-state index contributed by atoms with van der Waals surface area (Å²) in [6, 6.07) is 17.7. The summed E-state index contributed by atoms with van der Waals surface area (Å²) in [4.78, 5) is 36.7. The normalized spacial score (nSPS) is 16.3. The summed E-state index contributed by atoms with van der Waals surface area (Å²) in [5, 5.41) is 2.85. The molecular formula is C24H29N5O2. The molecule has 2 aromatic carbocycles. The van der Waals surface area contributed by atoms with Crippen LogP contribution >= 0.6 is 0 Å². The Bertz CT molecular complexity index is 1000. The number of imidazole rings is 1. The van der Waals surface area contributed by atoms with Gasteiger partial charge in [0.2, 0.25) is 5.91 Å². The van der Waals surface area contributed by atoms with Crippen LogP contribution in [-0.2, 0) is 11.3 Å².